The molecule has 2 nitrogen and oxygen atoms in total. The van der Waals surface area contributed by atoms with Crippen LogP contribution in [0.3, 0.4) is 0 Å². The molecule has 0 aliphatic carbocycles. The number of fused-ring (bicyclic) bond motifs is 4. The molecule has 65 heavy (non-hydrogen) atoms. The number of benzene rings is 10. The van der Waals surface area contributed by atoms with Gasteiger partial charge < -0.3 is 9.32 Å². The molecule has 308 valence electrons. The molecule has 2 heteroatoms. The van der Waals surface area contributed by atoms with Crippen molar-refractivity contribution in [2.75, 3.05) is 4.90 Å². The van der Waals surface area contributed by atoms with Gasteiger partial charge in [0.1, 0.15) is 11.2 Å². The molecular formula is C63H45NO. The minimum atomic E-state index is 0.884. The number of anilines is 3. The van der Waals surface area contributed by atoms with Crippen molar-refractivity contribution < 1.29 is 4.42 Å². The first-order valence-electron chi connectivity index (χ1n) is 22.2. The lowest BCUT2D eigenvalue weighted by Crippen LogP contribution is -2.11. The van der Waals surface area contributed by atoms with Gasteiger partial charge in [-0.05, 0) is 133 Å². The summed E-state index contributed by atoms with van der Waals surface area (Å²) < 4.78 is 6.26. The van der Waals surface area contributed by atoms with E-state index in [0.717, 1.165) is 77.9 Å². The van der Waals surface area contributed by atoms with Crippen LogP contribution in [-0.2, 0) is 0 Å². The molecule has 0 spiro atoms. The van der Waals surface area contributed by atoms with Crippen molar-refractivity contribution in [1.82, 2.24) is 0 Å². The molecule has 0 saturated carbocycles. The third-order valence-electron chi connectivity index (χ3n) is 12.6. The van der Waals surface area contributed by atoms with Gasteiger partial charge in [-0.1, -0.05) is 195 Å². The second-order valence-electron chi connectivity index (χ2n) is 16.5. The second kappa shape index (κ2) is 17.0. The molecule has 11 aromatic rings. The monoisotopic (exact) mass is 831 g/mol. The average molecular weight is 832 g/mol. The summed E-state index contributed by atoms with van der Waals surface area (Å²) >= 11 is 0. The van der Waals surface area contributed by atoms with Crippen LogP contribution in [0.15, 0.2) is 242 Å². The Bertz CT molecular complexity index is 3570. The van der Waals surface area contributed by atoms with E-state index in [9.17, 15) is 0 Å². The van der Waals surface area contributed by atoms with Gasteiger partial charge in [-0.3, -0.25) is 0 Å². The van der Waals surface area contributed by atoms with Gasteiger partial charge in [0.25, 0.3) is 0 Å². The first-order chi connectivity index (χ1) is 32.1. The highest BCUT2D eigenvalue weighted by atomic mass is 16.3. The zero-order valence-electron chi connectivity index (χ0n) is 36.2. The molecule has 1 heterocycles. The Hall–Kier alpha value is -8.46. The lowest BCUT2D eigenvalue weighted by Gasteiger charge is -2.28. The maximum Gasteiger partial charge on any atom is 0.135 e. The summed E-state index contributed by atoms with van der Waals surface area (Å²) in [6, 6.07) is 80.9. The lowest BCUT2D eigenvalue weighted by molar-refractivity contribution is 0.669. The standard InChI is InChI=1S/C63H45NO/c1-3-15-54-43(4-2)17-13-26-56(54)47-32-30-44(31-33-47)45-34-37-52(38-35-45)64(61-28-9-7-24-58(61)51-36-39-63-60(42-51)59-25-8-10-29-62(59)65-63)53-22-12-20-49(41-53)48-19-11-21-50(40-48)57-27-14-18-46-16-5-6-23-55(46)57/h3-42H,2H2,1H3/b15-3-. The summed E-state index contributed by atoms with van der Waals surface area (Å²) in [6.45, 7) is 6.11. The number of nitrogens with zero attached hydrogens (tertiary/aromatic N) is 1. The van der Waals surface area contributed by atoms with Crippen molar-refractivity contribution >= 4 is 61.9 Å². The van der Waals surface area contributed by atoms with Crippen LogP contribution in [0.1, 0.15) is 18.1 Å². The second-order valence-corrected chi connectivity index (χ2v) is 16.5. The van der Waals surface area contributed by atoms with E-state index in [4.69, 9.17) is 4.42 Å². The summed E-state index contributed by atoms with van der Waals surface area (Å²) in [4.78, 5) is 2.40. The molecule has 0 unspecified atom stereocenters. The maximum atomic E-state index is 6.26. The van der Waals surface area contributed by atoms with Crippen molar-refractivity contribution in [2.24, 2.45) is 0 Å². The topological polar surface area (TPSA) is 16.4 Å². The third kappa shape index (κ3) is 7.41. The molecule has 0 bridgehead atoms. The molecule has 1 aromatic heterocycles. The van der Waals surface area contributed by atoms with E-state index in [-0.39, 0.29) is 0 Å². The Balaban J connectivity index is 1.01. The first-order valence-corrected chi connectivity index (χ1v) is 22.2. The molecule has 0 N–H and O–H groups in total. The fourth-order valence-corrected chi connectivity index (χ4v) is 9.41. The third-order valence-corrected chi connectivity index (χ3v) is 12.6. The lowest BCUT2D eigenvalue weighted by atomic mass is 9.93. The molecule has 0 aliphatic rings. The number of allylic oxidation sites excluding steroid dienone is 1. The van der Waals surface area contributed by atoms with Crippen LogP contribution < -0.4 is 4.90 Å². The zero-order valence-corrected chi connectivity index (χ0v) is 36.2. The minimum Gasteiger partial charge on any atom is -0.456 e. The van der Waals surface area contributed by atoms with Gasteiger partial charge in [0, 0.05) is 27.7 Å². The van der Waals surface area contributed by atoms with E-state index in [2.05, 4.69) is 243 Å². The predicted molar refractivity (Wildman–Crippen MR) is 278 cm³/mol. The van der Waals surface area contributed by atoms with E-state index in [0.29, 0.717) is 0 Å². The van der Waals surface area contributed by atoms with Crippen LogP contribution in [0.5, 0.6) is 0 Å². The normalized spacial score (nSPS) is 11.5. The van der Waals surface area contributed by atoms with Crippen molar-refractivity contribution in [3.8, 4) is 55.6 Å². The highest BCUT2D eigenvalue weighted by Gasteiger charge is 2.19. The largest absolute Gasteiger partial charge is 0.456 e. The molecule has 0 amide bonds. The maximum absolute atomic E-state index is 6.26. The van der Waals surface area contributed by atoms with E-state index >= 15 is 0 Å². The summed E-state index contributed by atoms with van der Waals surface area (Å²) in [6.07, 6.45) is 6.18. The molecule has 0 saturated heterocycles. The predicted octanol–water partition coefficient (Wildman–Crippen LogP) is 18.2. The van der Waals surface area contributed by atoms with Crippen molar-refractivity contribution in [3.05, 3.63) is 248 Å². The fourth-order valence-electron chi connectivity index (χ4n) is 9.41. The van der Waals surface area contributed by atoms with E-state index in [1.54, 1.807) is 0 Å². The van der Waals surface area contributed by atoms with Crippen molar-refractivity contribution in [2.45, 2.75) is 6.92 Å². The Morgan fingerprint density at radius 3 is 1.82 bits per heavy atom. The number of furan rings is 1. The molecule has 0 aliphatic heterocycles. The van der Waals surface area contributed by atoms with Crippen LogP contribution in [0.2, 0.25) is 0 Å². The van der Waals surface area contributed by atoms with E-state index in [1.165, 1.54) is 38.6 Å². The Morgan fingerprint density at radius 2 is 0.985 bits per heavy atom. The molecular weight excluding hydrogens is 787 g/mol. The van der Waals surface area contributed by atoms with Crippen LogP contribution >= 0.6 is 0 Å². The molecule has 0 fully saturated rings. The van der Waals surface area contributed by atoms with Crippen LogP contribution in [-0.4, -0.2) is 0 Å². The quantitative estimate of drug-likeness (QED) is 0.136. The number of rotatable bonds is 10. The van der Waals surface area contributed by atoms with Gasteiger partial charge in [-0.15, -0.1) is 0 Å². The van der Waals surface area contributed by atoms with E-state index in [1.807, 2.05) is 18.2 Å². The van der Waals surface area contributed by atoms with Crippen LogP contribution in [0.4, 0.5) is 17.1 Å². The summed E-state index contributed by atoms with van der Waals surface area (Å²) in [5.41, 5.74) is 19.0. The fraction of sp³-hybridized carbons (Fsp3) is 0.0159. The first kappa shape index (κ1) is 39.4. The molecule has 11 rings (SSSR count). The highest BCUT2D eigenvalue weighted by molar-refractivity contribution is 6.07. The Kier molecular flexibility index (Phi) is 10.3. The molecule has 10 aromatic carbocycles. The van der Waals surface area contributed by atoms with Gasteiger partial charge in [-0.2, -0.15) is 0 Å². The highest BCUT2D eigenvalue weighted by Crippen LogP contribution is 2.44. The molecule has 0 atom stereocenters. The SMILES string of the molecule is C=Cc1cccc(-c2ccc(-c3ccc(N(c4cccc(-c5cccc(-c6cccc7ccccc67)c5)c4)c4ccccc4-c4ccc5oc6ccccc6c5c4)cc3)cc2)c1/C=C\C. The Morgan fingerprint density at radius 1 is 0.400 bits per heavy atom. The van der Waals surface area contributed by atoms with Gasteiger partial charge in [0.05, 0.1) is 5.69 Å². The number of hydrogen-bond donors (Lipinski definition) is 0. The van der Waals surface area contributed by atoms with Crippen molar-refractivity contribution in [1.29, 1.82) is 0 Å². The van der Waals surface area contributed by atoms with Crippen molar-refractivity contribution in [3.63, 3.8) is 0 Å². The summed E-state index contributed by atoms with van der Waals surface area (Å²) in [5, 5.41) is 4.71. The number of para-hydroxylation sites is 2. The van der Waals surface area contributed by atoms with E-state index < -0.39 is 0 Å². The zero-order chi connectivity index (χ0) is 43.7. The summed E-state index contributed by atoms with van der Waals surface area (Å²) in [5.74, 6) is 0. The van der Waals surface area contributed by atoms with Crippen LogP contribution in [0.25, 0.3) is 100 Å². The van der Waals surface area contributed by atoms with Gasteiger partial charge in [0.2, 0.25) is 0 Å². The van der Waals surface area contributed by atoms with Gasteiger partial charge >= 0.3 is 0 Å². The summed E-state index contributed by atoms with van der Waals surface area (Å²) in [7, 11) is 0. The number of hydrogen-bond acceptors (Lipinski definition) is 2. The average Bonchev–Trinajstić information content (AvgIpc) is 3.75. The Labute approximate surface area is 380 Å². The molecule has 0 radical (unpaired) electrons. The van der Waals surface area contributed by atoms with Gasteiger partial charge in [0.15, 0.2) is 0 Å². The minimum absolute atomic E-state index is 0.884. The van der Waals surface area contributed by atoms with Gasteiger partial charge in [-0.25, -0.2) is 0 Å². The van der Waals surface area contributed by atoms with Crippen LogP contribution in [0, 0.1) is 0 Å². The smallest absolute Gasteiger partial charge is 0.135 e.